The Bertz CT molecular complexity index is 470. The van der Waals surface area contributed by atoms with Crippen LogP contribution in [0.15, 0.2) is 36.4 Å². The van der Waals surface area contributed by atoms with Crippen LogP contribution in [0.25, 0.3) is 0 Å². The molecule has 2 unspecified atom stereocenters. The average molecular weight is 277 g/mol. The molecule has 0 aromatic heterocycles. The van der Waals surface area contributed by atoms with E-state index in [4.69, 9.17) is 4.74 Å². The average Bonchev–Trinajstić information content (AvgIpc) is 2.48. The molecule has 0 amide bonds. The van der Waals surface area contributed by atoms with Crippen molar-refractivity contribution in [1.82, 2.24) is 0 Å². The lowest BCUT2D eigenvalue weighted by molar-refractivity contribution is -0.145. The Morgan fingerprint density at radius 1 is 1.40 bits per heavy atom. The molecule has 0 heterocycles. The van der Waals surface area contributed by atoms with Crippen LogP contribution in [0.1, 0.15) is 26.2 Å². The molecule has 108 valence electrons. The number of rotatable bonds is 5. The monoisotopic (exact) mass is 277 g/mol. The van der Waals surface area contributed by atoms with Crippen LogP contribution in [-0.2, 0) is 9.53 Å². The number of anilines is 1. The fraction of sp³-hybridized carbons (Fsp3) is 0.438. The van der Waals surface area contributed by atoms with Crippen LogP contribution in [0.3, 0.4) is 0 Å². The van der Waals surface area contributed by atoms with Crippen molar-refractivity contribution in [2.75, 3.05) is 11.9 Å². The van der Waals surface area contributed by atoms with Crippen LogP contribution in [0.4, 0.5) is 10.1 Å². The summed E-state index contributed by atoms with van der Waals surface area (Å²) in [5, 5.41) is 3.19. The van der Waals surface area contributed by atoms with Gasteiger partial charge in [0.1, 0.15) is 11.9 Å². The fourth-order valence-corrected chi connectivity index (χ4v) is 2.45. The smallest absolute Gasteiger partial charge is 0.328 e. The van der Waals surface area contributed by atoms with E-state index in [-0.39, 0.29) is 23.7 Å². The fourth-order valence-electron chi connectivity index (χ4n) is 2.45. The molecule has 3 nitrogen and oxygen atoms in total. The van der Waals surface area contributed by atoms with E-state index in [1.807, 2.05) is 0 Å². The van der Waals surface area contributed by atoms with Gasteiger partial charge in [0.2, 0.25) is 0 Å². The van der Waals surface area contributed by atoms with Crippen LogP contribution in [-0.4, -0.2) is 18.6 Å². The first-order valence-electron chi connectivity index (χ1n) is 7.04. The van der Waals surface area contributed by atoms with Crippen molar-refractivity contribution in [2.45, 2.75) is 32.2 Å². The maximum Gasteiger partial charge on any atom is 0.328 e. The Balaban J connectivity index is 2.10. The van der Waals surface area contributed by atoms with Crippen molar-refractivity contribution in [3.05, 3.63) is 42.2 Å². The van der Waals surface area contributed by atoms with E-state index < -0.39 is 0 Å². The molecule has 4 heteroatoms. The van der Waals surface area contributed by atoms with E-state index in [9.17, 15) is 9.18 Å². The normalized spacial score (nSPS) is 19.4. The van der Waals surface area contributed by atoms with Gasteiger partial charge in [-0.2, -0.15) is 0 Å². The second kappa shape index (κ2) is 7.08. The van der Waals surface area contributed by atoms with Crippen LogP contribution >= 0.6 is 0 Å². The number of benzene rings is 1. The first kappa shape index (κ1) is 14.6. The second-order valence-corrected chi connectivity index (χ2v) is 4.93. The molecule has 0 fully saturated rings. The lowest BCUT2D eigenvalue weighted by Gasteiger charge is -2.28. The largest absolute Gasteiger partial charge is 0.464 e. The summed E-state index contributed by atoms with van der Waals surface area (Å²) in [5.41, 5.74) is 0.735. The Morgan fingerprint density at radius 2 is 2.15 bits per heavy atom. The summed E-state index contributed by atoms with van der Waals surface area (Å²) in [6.07, 6.45) is 7.03. The molecule has 1 N–H and O–H groups in total. The van der Waals surface area contributed by atoms with Crippen molar-refractivity contribution >= 4 is 11.7 Å². The Kier molecular flexibility index (Phi) is 5.16. The van der Waals surface area contributed by atoms with Gasteiger partial charge in [-0.15, -0.1) is 0 Å². The summed E-state index contributed by atoms with van der Waals surface area (Å²) >= 11 is 0. The predicted molar refractivity (Wildman–Crippen MR) is 76.9 cm³/mol. The molecule has 0 saturated heterocycles. The van der Waals surface area contributed by atoms with E-state index in [0.717, 1.165) is 24.9 Å². The Morgan fingerprint density at radius 3 is 2.75 bits per heavy atom. The minimum absolute atomic E-state index is 0.212. The number of allylic oxidation sites excluding steroid dienone is 2. The number of hydrogen-bond donors (Lipinski definition) is 1. The molecule has 2 atom stereocenters. The summed E-state index contributed by atoms with van der Waals surface area (Å²) < 4.78 is 18.1. The molecule has 0 aliphatic heterocycles. The van der Waals surface area contributed by atoms with Gasteiger partial charge in [-0.1, -0.05) is 12.2 Å². The van der Waals surface area contributed by atoms with Crippen molar-refractivity contribution in [2.24, 2.45) is 5.92 Å². The minimum atomic E-state index is -0.384. The number of hydrogen-bond acceptors (Lipinski definition) is 3. The third-order valence-corrected chi connectivity index (χ3v) is 3.49. The first-order chi connectivity index (χ1) is 9.70. The number of carbonyl (C=O) groups excluding carboxylic acids is 1. The number of halogens is 1. The highest BCUT2D eigenvalue weighted by molar-refractivity contribution is 5.79. The molecule has 0 bridgehead atoms. The van der Waals surface area contributed by atoms with Crippen LogP contribution in [0.5, 0.6) is 0 Å². The van der Waals surface area contributed by atoms with Gasteiger partial charge in [-0.05, 0) is 56.4 Å². The van der Waals surface area contributed by atoms with Crippen molar-refractivity contribution in [3.63, 3.8) is 0 Å². The van der Waals surface area contributed by atoms with Gasteiger partial charge in [0, 0.05) is 5.69 Å². The molecule has 1 aliphatic carbocycles. The number of carbonyl (C=O) groups is 1. The van der Waals surface area contributed by atoms with Gasteiger partial charge in [0.15, 0.2) is 0 Å². The third kappa shape index (κ3) is 3.83. The van der Waals surface area contributed by atoms with Crippen LogP contribution in [0.2, 0.25) is 0 Å². The van der Waals surface area contributed by atoms with Gasteiger partial charge in [0.05, 0.1) is 6.61 Å². The maximum absolute atomic E-state index is 12.9. The van der Waals surface area contributed by atoms with E-state index in [2.05, 4.69) is 17.5 Å². The molecule has 0 radical (unpaired) electrons. The predicted octanol–water partition coefficient (Wildman–Crippen LogP) is 3.53. The standard InChI is InChI=1S/C16H20FNO2/c1-2-20-16(19)15(12-6-4-3-5-7-12)18-14-10-8-13(17)9-11-14/h3-4,8-12,15,18H,2,5-7H2,1H3. The molecule has 0 saturated carbocycles. The lowest BCUT2D eigenvalue weighted by atomic mass is 9.87. The topological polar surface area (TPSA) is 38.3 Å². The SMILES string of the molecule is CCOC(=O)C(Nc1ccc(F)cc1)C1CC=CCC1. The minimum Gasteiger partial charge on any atom is -0.464 e. The van der Waals surface area contributed by atoms with Gasteiger partial charge < -0.3 is 10.1 Å². The van der Waals surface area contributed by atoms with Gasteiger partial charge in [-0.3, -0.25) is 0 Å². The number of ether oxygens (including phenoxy) is 1. The summed E-state index contributed by atoms with van der Waals surface area (Å²) in [4.78, 5) is 12.1. The summed E-state index contributed by atoms with van der Waals surface area (Å²) in [6, 6.07) is 5.65. The molecule has 20 heavy (non-hydrogen) atoms. The Hall–Kier alpha value is -1.84. The molecule has 2 rings (SSSR count). The van der Waals surface area contributed by atoms with E-state index in [0.29, 0.717) is 6.61 Å². The number of nitrogens with one attached hydrogen (secondary N) is 1. The maximum atomic E-state index is 12.9. The number of esters is 1. The van der Waals surface area contributed by atoms with Gasteiger partial charge in [0.25, 0.3) is 0 Å². The van der Waals surface area contributed by atoms with E-state index in [1.165, 1.54) is 12.1 Å². The quantitative estimate of drug-likeness (QED) is 0.661. The molecule has 1 aliphatic rings. The molecular weight excluding hydrogens is 257 g/mol. The van der Waals surface area contributed by atoms with Crippen molar-refractivity contribution < 1.29 is 13.9 Å². The lowest BCUT2D eigenvalue weighted by Crippen LogP contribution is -2.38. The highest BCUT2D eigenvalue weighted by atomic mass is 19.1. The van der Waals surface area contributed by atoms with E-state index in [1.54, 1.807) is 19.1 Å². The summed E-state index contributed by atoms with van der Waals surface area (Å²) in [7, 11) is 0. The zero-order chi connectivity index (χ0) is 14.4. The van der Waals surface area contributed by atoms with Crippen molar-refractivity contribution in [3.8, 4) is 0 Å². The van der Waals surface area contributed by atoms with Gasteiger partial charge >= 0.3 is 5.97 Å². The molecular formula is C16H20FNO2. The summed E-state index contributed by atoms with van der Waals surface area (Å²) in [6.45, 7) is 2.16. The summed E-state index contributed by atoms with van der Waals surface area (Å²) in [5.74, 6) is -0.315. The molecule has 0 spiro atoms. The first-order valence-corrected chi connectivity index (χ1v) is 7.04. The van der Waals surface area contributed by atoms with Crippen LogP contribution in [0, 0.1) is 11.7 Å². The highest BCUT2D eigenvalue weighted by Gasteiger charge is 2.29. The van der Waals surface area contributed by atoms with Gasteiger partial charge in [-0.25, -0.2) is 9.18 Å². The molecule has 1 aromatic rings. The highest BCUT2D eigenvalue weighted by Crippen LogP contribution is 2.25. The third-order valence-electron chi connectivity index (χ3n) is 3.49. The van der Waals surface area contributed by atoms with Crippen molar-refractivity contribution in [1.29, 1.82) is 0 Å². The van der Waals surface area contributed by atoms with E-state index >= 15 is 0 Å². The zero-order valence-electron chi connectivity index (χ0n) is 11.6. The second-order valence-electron chi connectivity index (χ2n) is 4.93. The Labute approximate surface area is 118 Å². The zero-order valence-corrected chi connectivity index (χ0v) is 11.6. The van der Waals surface area contributed by atoms with Crippen LogP contribution < -0.4 is 5.32 Å². The molecule has 1 aromatic carbocycles.